The van der Waals surface area contributed by atoms with Gasteiger partial charge in [-0.3, -0.25) is 0 Å². The molecule has 0 atom stereocenters. The van der Waals surface area contributed by atoms with Gasteiger partial charge in [-0.05, 0) is 30.7 Å². The third kappa shape index (κ3) is 2.37. The van der Waals surface area contributed by atoms with Gasteiger partial charge in [0.05, 0.1) is 18.5 Å². The van der Waals surface area contributed by atoms with Crippen LogP contribution in [0.3, 0.4) is 0 Å². The lowest BCUT2D eigenvalue weighted by atomic mass is 10.1. The molecule has 0 unspecified atom stereocenters. The van der Waals surface area contributed by atoms with Gasteiger partial charge >= 0.3 is 0 Å². The first-order valence-electron chi connectivity index (χ1n) is 6.55. The highest BCUT2D eigenvalue weighted by molar-refractivity contribution is 8.02. The van der Waals surface area contributed by atoms with Gasteiger partial charge in [-0.15, -0.1) is 0 Å². The molecule has 0 spiro atoms. The Balaban J connectivity index is 2.09. The van der Waals surface area contributed by atoms with Crippen molar-refractivity contribution < 1.29 is 4.74 Å². The molecule has 3 nitrogen and oxygen atoms in total. The summed E-state index contributed by atoms with van der Waals surface area (Å²) >= 11 is 1.61. The maximum atomic E-state index is 9.58. The first-order chi connectivity index (χ1) is 10.2. The van der Waals surface area contributed by atoms with E-state index in [9.17, 15) is 5.26 Å². The molecule has 1 heterocycles. The maximum Gasteiger partial charge on any atom is 0.189 e. The van der Waals surface area contributed by atoms with Crippen LogP contribution < -0.4 is 9.64 Å². The highest BCUT2D eigenvalue weighted by atomic mass is 32.2. The van der Waals surface area contributed by atoms with Crippen LogP contribution in [0.4, 0.5) is 5.69 Å². The number of aryl methyl sites for hydroxylation is 1. The highest BCUT2D eigenvalue weighted by Gasteiger charge is 2.22. The molecule has 0 radical (unpaired) electrons. The molecule has 3 rings (SSSR count). The number of hydrogen-bond acceptors (Lipinski definition) is 4. The molecule has 1 aliphatic heterocycles. The topological polar surface area (TPSA) is 36.3 Å². The van der Waals surface area contributed by atoms with Crippen molar-refractivity contribution in [3.63, 3.8) is 0 Å². The predicted molar refractivity (Wildman–Crippen MR) is 86.1 cm³/mol. The largest absolute Gasteiger partial charge is 0.497 e. The predicted octanol–water partition coefficient (Wildman–Crippen LogP) is 4.40. The summed E-state index contributed by atoms with van der Waals surface area (Å²) in [5, 5.41) is 11.6. The number of fused-ring (bicyclic) bond motifs is 1. The zero-order valence-corrected chi connectivity index (χ0v) is 12.6. The fourth-order valence-corrected chi connectivity index (χ4v) is 3.29. The number of benzene rings is 2. The van der Waals surface area contributed by atoms with Gasteiger partial charge < -0.3 is 4.74 Å². The summed E-state index contributed by atoms with van der Waals surface area (Å²) in [5.74, 6) is 0.798. The Kier molecular flexibility index (Phi) is 3.59. The van der Waals surface area contributed by atoms with Gasteiger partial charge in [0.25, 0.3) is 0 Å². The molecule has 0 saturated heterocycles. The SMILES string of the molecule is COc1ccc2c(c1)SC=C(c1ccccc1C)N2C#N. The van der Waals surface area contributed by atoms with E-state index in [4.69, 9.17) is 4.74 Å². The molecule has 0 N–H and O–H groups in total. The maximum absolute atomic E-state index is 9.58. The van der Waals surface area contributed by atoms with Gasteiger partial charge in [0.1, 0.15) is 5.75 Å². The Morgan fingerprint density at radius 2 is 2.00 bits per heavy atom. The van der Waals surface area contributed by atoms with Crippen LogP contribution in [0.5, 0.6) is 5.75 Å². The summed E-state index contributed by atoms with van der Waals surface area (Å²) in [5.41, 5.74) is 4.04. The Bertz CT molecular complexity index is 762. The van der Waals surface area contributed by atoms with Crippen molar-refractivity contribution in [2.24, 2.45) is 0 Å². The van der Waals surface area contributed by atoms with Crippen molar-refractivity contribution in [3.05, 3.63) is 59.0 Å². The van der Waals surface area contributed by atoms with Crippen LogP contribution in [0, 0.1) is 18.4 Å². The van der Waals surface area contributed by atoms with E-state index < -0.39 is 0 Å². The number of hydrogen-bond donors (Lipinski definition) is 0. The molecule has 0 saturated carbocycles. The summed E-state index contributed by atoms with van der Waals surface area (Å²) in [6, 6.07) is 13.9. The zero-order chi connectivity index (χ0) is 14.8. The third-order valence-corrected chi connectivity index (χ3v) is 4.39. The van der Waals surface area contributed by atoms with Crippen molar-refractivity contribution in [1.29, 1.82) is 5.26 Å². The first kappa shape index (κ1) is 13.6. The van der Waals surface area contributed by atoms with E-state index >= 15 is 0 Å². The average Bonchev–Trinajstić information content (AvgIpc) is 2.53. The monoisotopic (exact) mass is 294 g/mol. The Morgan fingerprint density at radius 3 is 2.71 bits per heavy atom. The van der Waals surface area contributed by atoms with E-state index in [-0.39, 0.29) is 0 Å². The van der Waals surface area contributed by atoms with Crippen molar-refractivity contribution >= 4 is 23.1 Å². The van der Waals surface area contributed by atoms with Gasteiger partial charge in [0.2, 0.25) is 0 Å². The van der Waals surface area contributed by atoms with E-state index in [2.05, 4.69) is 19.2 Å². The lowest BCUT2D eigenvalue weighted by Gasteiger charge is -2.26. The molecule has 1 aliphatic rings. The number of nitrogens with zero attached hydrogens (tertiary/aromatic N) is 2. The van der Waals surface area contributed by atoms with Crippen molar-refractivity contribution in [3.8, 4) is 11.9 Å². The summed E-state index contributed by atoms with van der Waals surface area (Å²) in [6.45, 7) is 2.06. The molecular formula is C17H14N2OS. The smallest absolute Gasteiger partial charge is 0.189 e. The van der Waals surface area contributed by atoms with E-state index in [0.717, 1.165) is 33.2 Å². The van der Waals surface area contributed by atoms with E-state index in [1.807, 2.05) is 41.8 Å². The molecule has 2 aromatic carbocycles. The van der Waals surface area contributed by atoms with Crippen LogP contribution in [-0.4, -0.2) is 7.11 Å². The Hall–Kier alpha value is -2.38. The standard InChI is InChI=1S/C17H14N2OS/c1-12-5-3-4-6-14(12)16-10-21-17-9-13(20-2)7-8-15(17)19(16)11-18/h3-10H,1-2H3. The van der Waals surface area contributed by atoms with Crippen LogP contribution in [0.1, 0.15) is 11.1 Å². The van der Waals surface area contributed by atoms with E-state index in [0.29, 0.717) is 0 Å². The number of ether oxygens (including phenoxy) is 1. The minimum absolute atomic E-state index is 0.798. The molecule has 0 aliphatic carbocycles. The molecule has 0 aromatic heterocycles. The second-order valence-corrected chi connectivity index (χ2v) is 5.62. The molecule has 0 bridgehead atoms. The van der Waals surface area contributed by atoms with E-state index in [1.54, 1.807) is 23.8 Å². The summed E-state index contributed by atoms with van der Waals surface area (Å²) in [6.07, 6.45) is 2.28. The summed E-state index contributed by atoms with van der Waals surface area (Å²) in [7, 11) is 1.64. The van der Waals surface area contributed by atoms with Crippen LogP contribution in [-0.2, 0) is 0 Å². The average molecular weight is 294 g/mol. The van der Waals surface area contributed by atoms with E-state index in [1.165, 1.54) is 0 Å². The molecule has 104 valence electrons. The number of methoxy groups -OCH3 is 1. The number of nitriles is 1. The Morgan fingerprint density at radius 1 is 1.19 bits per heavy atom. The quantitative estimate of drug-likeness (QED) is 0.769. The zero-order valence-electron chi connectivity index (χ0n) is 11.8. The fraction of sp³-hybridized carbons (Fsp3) is 0.118. The summed E-state index contributed by atoms with van der Waals surface area (Å²) < 4.78 is 5.24. The molecule has 2 aromatic rings. The molecule has 21 heavy (non-hydrogen) atoms. The normalized spacial score (nSPS) is 13.2. The van der Waals surface area contributed by atoms with Gasteiger partial charge in [0, 0.05) is 15.9 Å². The van der Waals surface area contributed by atoms with Crippen LogP contribution in [0.25, 0.3) is 5.70 Å². The molecule has 0 fully saturated rings. The van der Waals surface area contributed by atoms with Crippen molar-refractivity contribution in [2.45, 2.75) is 11.8 Å². The number of anilines is 1. The van der Waals surface area contributed by atoms with Crippen molar-refractivity contribution in [2.75, 3.05) is 12.0 Å². The summed E-state index contributed by atoms with van der Waals surface area (Å²) in [4.78, 5) is 2.70. The van der Waals surface area contributed by atoms with Crippen molar-refractivity contribution in [1.82, 2.24) is 0 Å². The lowest BCUT2D eigenvalue weighted by molar-refractivity contribution is 0.414. The first-order valence-corrected chi connectivity index (χ1v) is 7.43. The molecular weight excluding hydrogens is 280 g/mol. The van der Waals surface area contributed by atoms with Gasteiger partial charge in [-0.2, -0.15) is 5.26 Å². The van der Waals surface area contributed by atoms with Gasteiger partial charge in [-0.1, -0.05) is 36.0 Å². The molecule has 0 amide bonds. The van der Waals surface area contributed by atoms with Gasteiger partial charge in [0.15, 0.2) is 6.19 Å². The lowest BCUT2D eigenvalue weighted by Crippen LogP contribution is -2.18. The number of thioether (sulfide) groups is 1. The van der Waals surface area contributed by atoms with Crippen LogP contribution in [0.2, 0.25) is 0 Å². The third-order valence-electron chi connectivity index (χ3n) is 3.47. The molecule has 4 heteroatoms. The number of rotatable bonds is 2. The minimum Gasteiger partial charge on any atom is -0.497 e. The second kappa shape index (κ2) is 5.55. The Labute approximate surface area is 128 Å². The fourth-order valence-electron chi connectivity index (χ4n) is 2.35. The minimum atomic E-state index is 0.798. The van der Waals surface area contributed by atoms with Gasteiger partial charge in [-0.25, -0.2) is 4.90 Å². The van der Waals surface area contributed by atoms with Crippen LogP contribution >= 0.6 is 11.8 Å². The highest BCUT2D eigenvalue weighted by Crippen LogP contribution is 2.43. The van der Waals surface area contributed by atoms with Crippen LogP contribution in [0.15, 0.2) is 52.8 Å². The second-order valence-electron chi connectivity index (χ2n) is 4.70.